The van der Waals surface area contributed by atoms with Crippen molar-refractivity contribution in [3.8, 4) is 0 Å². The minimum absolute atomic E-state index is 0. The topological polar surface area (TPSA) is 44.6 Å². The van der Waals surface area contributed by atoms with Gasteiger partial charge in [-0.25, -0.2) is 4.79 Å². The lowest BCUT2D eigenvalue weighted by atomic mass is 9.81. The van der Waals surface area contributed by atoms with Gasteiger partial charge in [-0.05, 0) is 82.9 Å². The number of fused-ring (bicyclic) bond motifs is 2. The zero-order valence-electron chi connectivity index (χ0n) is 45.6. The Labute approximate surface area is 447 Å². The summed E-state index contributed by atoms with van der Waals surface area (Å²) in [5.41, 5.74) is 8.52. The fourth-order valence-corrected chi connectivity index (χ4v) is 11.6. The van der Waals surface area contributed by atoms with Crippen LogP contribution in [0.1, 0.15) is 258 Å². The molecule has 1 amide bonds. The Balaban J connectivity index is 0.0000107. The lowest BCUT2D eigenvalue weighted by Gasteiger charge is -2.27. The van der Waals surface area contributed by atoms with Gasteiger partial charge >= 0.3 is 6.09 Å². The van der Waals surface area contributed by atoms with E-state index in [-0.39, 0.29) is 47.0 Å². The zero-order valence-corrected chi connectivity index (χ0v) is 47.8. The highest BCUT2D eigenvalue weighted by molar-refractivity contribution is 6.03. The number of hydrogen-bond donors (Lipinski definition) is 1. The van der Waals surface area contributed by atoms with Crippen molar-refractivity contribution in [2.45, 2.75) is 263 Å². The predicted molar refractivity (Wildman–Crippen MR) is 299 cm³/mol. The first kappa shape index (κ1) is 59.7. The van der Waals surface area contributed by atoms with Crippen LogP contribution in [0.2, 0.25) is 0 Å². The molecule has 0 saturated heterocycles. The SMILES string of the molecule is CCCCCCCCCCCCCCCCN1C(=CC=CC2=[N+](CCCCCCCCCCCCCCCCNC(=O)OC3CC/C=C/CCC3)c3ccccc3C2(C)C)C(C)(C)c2ccccc21.[I-]. The van der Waals surface area contributed by atoms with Crippen molar-refractivity contribution < 1.29 is 38.1 Å². The van der Waals surface area contributed by atoms with Gasteiger partial charge in [0.15, 0.2) is 5.71 Å². The van der Waals surface area contributed by atoms with Crippen LogP contribution in [0.3, 0.4) is 0 Å². The number of nitrogens with one attached hydrogen (secondary N) is 1. The summed E-state index contributed by atoms with van der Waals surface area (Å²) in [6.07, 6.45) is 54.6. The van der Waals surface area contributed by atoms with E-state index < -0.39 is 0 Å². The summed E-state index contributed by atoms with van der Waals surface area (Å²) in [6, 6.07) is 18.3. The first-order valence-corrected chi connectivity index (χ1v) is 29.3. The zero-order chi connectivity index (χ0) is 48.8. The van der Waals surface area contributed by atoms with Crippen LogP contribution >= 0.6 is 0 Å². The average molecular weight is 1070 g/mol. The molecule has 0 saturated carbocycles. The number of carbonyl (C=O) groups excluding carboxylic acids is 1. The first-order chi connectivity index (χ1) is 33.7. The van der Waals surface area contributed by atoms with E-state index in [9.17, 15) is 4.79 Å². The van der Waals surface area contributed by atoms with Gasteiger partial charge in [0.05, 0.1) is 5.41 Å². The van der Waals surface area contributed by atoms with E-state index in [1.54, 1.807) is 0 Å². The number of para-hydroxylation sites is 2. The van der Waals surface area contributed by atoms with Crippen LogP contribution < -0.4 is 34.2 Å². The minimum Gasteiger partial charge on any atom is -1.00 e. The molecule has 3 aliphatic rings. The summed E-state index contributed by atoms with van der Waals surface area (Å²) in [4.78, 5) is 14.8. The lowest BCUT2D eigenvalue weighted by molar-refractivity contribution is -0.438. The Hall–Kier alpha value is -2.87. The normalized spacial score (nSPS) is 18.2. The van der Waals surface area contributed by atoms with Crippen LogP contribution in [0, 0.1) is 0 Å². The second kappa shape index (κ2) is 34.5. The van der Waals surface area contributed by atoms with E-state index in [1.165, 1.54) is 207 Å². The Morgan fingerprint density at radius 1 is 0.629 bits per heavy atom. The number of ether oxygens (including phenoxy) is 1. The molecule has 1 atom stereocenters. The van der Waals surface area contributed by atoms with Gasteiger partial charge < -0.3 is 38.9 Å². The monoisotopic (exact) mass is 1070 g/mol. The molecule has 0 fully saturated rings. The number of benzene rings is 2. The molecular weight excluding hydrogens is 970 g/mol. The molecule has 0 aromatic heterocycles. The van der Waals surface area contributed by atoms with E-state index in [0.717, 1.165) is 58.2 Å². The van der Waals surface area contributed by atoms with Gasteiger partial charge in [-0.1, -0.05) is 229 Å². The summed E-state index contributed by atoms with van der Waals surface area (Å²) in [6.45, 7) is 14.9. The van der Waals surface area contributed by atoms with Crippen LogP contribution in [0.5, 0.6) is 0 Å². The highest BCUT2D eigenvalue weighted by Gasteiger charge is 2.44. The Morgan fingerprint density at radius 2 is 1.14 bits per heavy atom. The first-order valence-electron chi connectivity index (χ1n) is 29.3. The molecule has 70 heavy (non-hydrogen) atoms. The van der Waals surface area contributed by atoms with E-state index in [2.05, 4.69) is 128 Å². The molecule has 2 aromatic carbocycles. The standard InChI is InChI=1S/C64H101N3O2.HI/c1-6-7-8-9-10-11-12-13-17-20-23-26-32-41-53-66-58-48-38-36-46-56(58)63(2,3)60(66)50-43-51-61-64(4,5)57-47-37-39-49-59(57)67(61)54-42-33-27-24-21-18-15-14-16-19-22-25-31-40-52-65-62(68)69-55-44-34-29-28-30-35-45-55;/h28-29,36-39,43,46-51,55H,6-27,30-35,40-42,44-45,52-54H2,1-5H3;1H/b29-28+;. The van der Waals surface area contributed by atoms with Crippen LogP contribution in [0.25, 0.3) is 0 Å². The van der Waals surface area contributed by atoms with Crippen LogP contribution in [0.15, 0.2) is 84.6 Å². The molecule has 6 heteroatoms. The van der Waals surface area contributed by atoms with E-state index >= 15 is 0 Å². The quantitative estimate of drug-likeness (QED) is 0.0324. The van der Waals surface area contributed by atoms with E-state index in [4.69, 9.17) is 4.74 Å². The summed E-state index contributed by atoms with van der Waals surface area (Å²) in [5, 5.41) is 2.98. The smallest absolute Gasteiger partial charge is 0.407 e. The molecule has 2 aliphatic heterocycles. The maximum absolute atomic E-state index is 12.2. The summed E-state index contributed by atoms with van der Waals surface area (Å²) in [7, 11) is 0. The Bertz CT molecular complexity index is 1870. The van der Waals surface area contributed by atoms with Crippen LogP contribution in [0.4, 0.5) is 16.2 Å². The van der Waals surface area contributed by atoms with Gasteiger partial charge in [-0.15, -0.1) is 0 Å². The van der Waals surface area contributed by atoms with Gasteiger partial charge in [-0.3, -0.25) is 0 Å². The largest absolute Gasteiger partial charge is 1.00 e. The fourth-order valence-electron chi connectivity index (χ4n) is 11.6. The number of allylic oxidation sites excluding steroid dienone is 6. The fraction of sp³-hybridized carbons (Fsp3) is 0.688. The van der Waals surface area contributed by atoms with Gasteiger partial charge in [0, 0.05) is 54.0 Å². The van der Waals surface area contributed by atoms with Crippen molar-refractivity contribution in [3.63, 3.8) is 0 Å². The predicted octanol–water partition coefficient (Wildman–Crippen LogP) is 15.9. The molecular formula is C64H102IN3O2. The molecule has 2 heterocycles. The van der Waals surface area contributed by atoms with Crippen molar-refractivity contribution in [1.29, 1.82) is 0 Å². The van der Waals surface area contributed by atoms with Gasteiger partial charge in [0.2, 0.25) is 5.69 Å². The number of amides is 1. The van der Waals surface area contributed by atoms with E-state index in [1.807, 2.05) is 0 Å². The maximum atomic E-state index is 12.2. The van der Waals surface area contributed by atoms with Crippen molar-refractivity contribution in [2.75, 3.05) is 24.5 Å². The number of rotatable bonds is 35. The van der Waals surface area contributed by atoms with Gasteiger partial charge in [0.25, 0.3) is 0 Å². The second-order valence-electron chi connectivity index (χ2n) is 22.4. The summed E-state index contributed by atoms with van der Waals surface area (Å²) in [5.74, 6) is 0. The number of unbranched alkanes of at least 4 members (excludes halogenated alkanes) is 26. The Kier molecular flexibility index (Phi) is 29.4. The van der Waals surface area contributed by atoms with Crippen LogP contribution in [-0.4, -0.2) is 42.1 Å². The van der Waals surface area contributed by atoms with Crippen molar-refractivity contribution in [3.05, 3.63) is 95.7 Å². The number of carbonyl (C=O) groups is 1. The van der Waals surface area contributed by atoms with Crippen molar-refractivity contribution in [1.82, 2.24) is 5.32 Å². The lowest BCUT2D eigenvalue weighted by Crippen LogP contribution is -3.00. The van der Waals surface area contributed by atoms with E-state index in [0.29, 0.717) is 0 Å². The molecule has 5 rings (SSSR count). The maximum Gasteiger partial charge on any atom is 0.407 e. The molecule has 0 spiro atoms. The van der Waals surface area contributed by atoms with Crippen molar-refractivity contribution in [2.24, 2.45) is 0 Å². The molecule has 5 nitrogen and oxygen atoms in total. The summed E-state index contributed by atoms with van der Waals surface area (Å²) >= 11 is 0. The van der Waals surface area contributed by atoms with Gasteiger partial charge in [-0.2, -0.15) is 4.58 Å². The average Bonchev–Trinajstić information content (AvgIpc) is 3.68. The van der Waals surface area contributed by atoms with Gasteiger partial charge in [0.1, 0.15) is 12.6 Å². The third-order valence-corrected chi connectivity index (χ3v) is 15.9. The third-order valence-electron chi connectivity index (χ3n) is 15.9. The number of alkyl carbamates (subject to hydrolysis) is 1. The number of hydrogen-bond acceptors (Lipinski definition) is 3. The molecule has 1 N–H and O–H groups in total. The second-order valence-corrected chi connectivity index (χ2v) is 22.4. The molecule has 1 aliphatic carbocycles. The Morgan fingerprint density at radius 3 is 1.76 bits per heavy atom. The molecule has 0 radical (unpaired) electrons. The minimum atomic E-state index is -0.223. The number of nitrogens with zero attached hydrogens (tertiary/aromatic N) is 2. The molecule has 0 bridgehead atoms. The summed E-state index contributed by atoms with van der Waals surface area (Å²) < 4.78 is 8.31. The number of halogens is 1. The van der Waals surface area contributed by atoms with Crippen LogP contribution in [-0.2, 0) is 15.6 Å². The molecule has 392 valence electrons. The molecule has 2 aromatic rings. The third kappa shape index (κ3) is 20.2. The highest BCUT2D eigenvalue weighted by Crippen LogP contribution is 2.48. The highest BCUT2D eigenvalue weighted by atomic mass is 127. The number of anilines is 1. The molecule has 1 unspecified atom stereocenters. The van der Waals surface area contributed by atoms with Crippen molar-refractivity contribution >= 4 is 23.2 Å².